The van der Waals surface area contributed by atoms with Gasteiger partial charge in [0.1, 0.15) is 60.3 Å². The summed E-state index contributed by atoms with van der Waals surface area (Å²) in [5.41, 5.74) is 13.8. The second-order valence-electron chi connectivity index (χ2n) is 11.8. The van der Waals surface area contributed by atoms with E-state index in [1.54, 1.807) is 21.8 Å². The molecule has 4 saturated heterocycles. The highest BCUT2D eigenvalue weighted by Crippen LogP contribution is 2.49. The molecule has 8 rings (SSSR count). The lowest BCUT2D eigenvalue weighted by Crippen LogP contribution is -2.38. The van der Waals surface area contributed by atoms with Crippen molar-refractivity contribution in [3.8, 4) is 0 Å². The van der Waals surface area contributed by atoms with Crippen molar-refractivity contribution in [2.45, 2.75) is 87.3 Å². The van der Waals surface area contributed by atoms with E-state index in [1.807, 2.05) is 13.8 Å². The number of aromatic nitrogens is 8. The monoisotopic (exact) mass is 612 g/mol. The first-order valence-electron chi connectivity index (χ1n) is 14.3. The van der Waals surface area contributed by atoms with E-state index < -0.39 is 60.7 Å². The largest absolute Gasteiger partial charge is 0.394 e. The molecule has 4 aromatic rings. The zero-order valence-corrected chi connectivity index (χ0v) is 23.8. The van der Waals surface area contributed by atoms with E-state index in [0.29, 0.717) is 35.2 Å². The molecule has 44 heavy (non-hydrogen) atoms. The second-order valence-corrected chi connectivity index (χ2v) is 11.8. The maximum atomic E-state index is 10.1. The topological polar surface area (TPSA) is 235 Å². The van der Waals surface area contributed by atoms with E-state index in [-0.39, 0.29) is 24.8 Å². The summed E-state index contributed by atoms with van der Waals surface area (Å²) in [6.07, 6.45) is 1.77. The quantitative estimate of drug-likeness (QED) is 0.204. The van der Waals surface area contributed by atoms with Crippen LogP contribution in [0.15, 0.2) is 25.3 Å². The molecule has 8 heterocycles. The van der Waals surface area contributed by atoms with Crippen molar-refractivity contribution in [2.24, 2.45) is 0 Å². The van der Waals surface area contributed by atoms with Gasteiger partial charge in [-0.3, -0.25) is 9.13 Å². The van der Waals surface area contributed by atoms with Crippen molar-refractivity contribution in [1.82, 2.24) is 39.0 Å². The summed E-state index contributed by atoms with van der Waals surface area (Å²) < 4.78 is 41.5. The Labute approximate surface area is 249 Å². The molecule has 4 aromatic heterocycles. The first-order chi connectivity index (χ1) is 21.2. The second kappa shape index (κ2) is 9.94. The number of aliphatic hydroxyl groups excluding tert-OH is 2. The molecule has 0 bridgehead atoms. The van der Waals surface area contributed by atoms with Crippen molar-refractivity contribution < 1.29 is 38.6 Å². The zero-order chi connectivity index (χ0) is 30.4. The molecule has 4 fully saturated rings. The molecule has 0 saturated carbocycles. The van der Waals surface area contributed by atoms with Crippen LogP contribution in [-0.4, -0.2) is 111 Å². The fourth-order valence-corrected chi connectivity index (χ4v) is 6.70. The molecule has 18 nitrogen and oxygen atoms in total. The highest BCUT2D eigenvalue weighted by molar-refractivity contribution is 5.81. The van der Waals surface area contributed by atoms with Gasteiger partial charge in [0.15, 0.2) is 47.0 Å². The van der Waals surface area contributed by atoms with Crippen LogP contribution in [0.25, 0.3) is 22.3 Å². The fraction of sp³-hybridized carbons (Fsp3) is 0.615. The molecule has 6 N–H and O–H groups in total. The summed E-state index contributed by atoms with van der Waals surface area (Å²) in [5.74, 6) is -1.60. The van der Waals surface area contributed by atoms with Gasteiger partial charge in [0.2, 0.25) is 0 Å². The summed E-state index contributed by atoms with van der Waals surface area (Å²) in [5, 5.41) is 20.2. The number of hydrogen-bond donors (Lipinski definition) is 4. The molecule has 0 amide bonds. The molecular formula is C26H32N10O8. The van der Waals surface area contributed by atoms with Crippen molar-refractivity contribution >= 4 is 34.0 Å². The van der Waals surface area contributed by atoms with Gasteiger partial charge in [-0.2, -0.15) is 0 Å². The maximum Gasteiger partial charge on any atom is 0.167 e. The number of nitrogen functional groups attached to an aromatic ring is 2. The predicted octanol–water partition coefficient (Wildman–Crippen LogP) is -0.609. The molecule has 10 atom stereocenters. The maximum absolute atomic E-state index is 10.1. The molecule has 0 aliphatic carbocycles. The van der Waals surface area contributed by atoms with Crippen LogP contribution in [0.3, 0.4) is 0 Å². The number of nitrogens with two attached hydrogens (primary N) is 2. The molecule has 234 valence electrons. The van der Waals surface area contributed by atoms with Gasteiger partial charge >= 0.3 is 0 Å². The van der Waals surface area contributed by atoms with Crippen molar-refractivity contribution in [2.75, 3.05) is 24.7 Å². The molecular weight excluding hydrogens is 580 g/mol. The Morgan fingerprint density at radius 3 is 1.48 bits per heavy atom. The number of aliphatic hydroxyl groups is 2. The Morgan fingerprint density at radius 1 is 0.659 bits per heavy atom. The fourth-order valence-electron chi connectivity index (χ4n) is 6.70. The van der Waals surface area contributed by atoms with Gasteiger partial charge < -0.3 is 50.1 Å². The van der Waals surface area contributed by atoms with Crippen LogP contribution >= 0.6 is 0 Å². The zero-order valence-electron chi connectivity index (χ0n) is 23.8. The van der Waals surface area contributed by atoms with Gasteiger partial charge in [-0.05, 0) is 13.8 Å². The lowest BCUT2D eigenvalue weighted by atomic mass is 10.1. The lowest BCUT2D eigenvalue weighted by molar-refractivity contribution is -0.243. The molecule has 4 aliphatic rings. The van der Waals surface area contributed by atoms with Crippen LogP contribution in [0.1, 0.15) is 39.1 Å². The van der Waals surface area contributed by atoms with Gasteiger partial charge in [0, 0.05) is 12.8 Å². The Morgan fingerprint density at radius 2 is 1.07 bits per heavy atom. The molecule has 0 radical (unpaired) electrons. The summed E-state index contributed by atoms with van der Waals surface area (Å²) in [4.78, 5) is 25.3. The first kappa shape index (κ1) is 27.9. The molecule has 18 heteroatoms. The highest BCUT2D eigenvalue weighted by Gasteiger charge is 2.60. The van der Waals surface area contributed by atoms with Crippen LogP contribution in [0.4, 0.5) is 11.6 Å². The number of ether oxygens (including phenoxy) is 6. The third-order valence-electron chi connectivity index (χ3n) is 8.83. The summed E-state index contributed by atoms with van der Waals surface area (Å²) in [7, 11) is 0. The summed E-state index contributed by atoms with van der Waals surface area (Å²) in [6.45, 7) is 3.15. The smallest absolute Gasteiger partial charge is 0.167 e. The van der Waals surface area contributed by atoms with Gasteiger partial charge in [-0.1, -0.05) is 0 Å². The van der Waals surface area contributed by atoms with Crippen LogP contribution in [0.5, 0.6) is 0 Å². The van der Waals surface area contributed by atoms with E-state index in [1.165, 1.54) is 12.7 Å². The van der Waals surface area contributed by atoms with Gasteiger partial charge in [0.25, 0.3) is 0 Å². The van der Waals surface area contributed by atoms with Crippen molar-refractivity contribution in [3.63, 3.8) is 0 Å². The molecule has 0 unspecified atom stereocenters. The van der Waals surface area contributed by atoms with Crippen molar-refractivity contribution in [1.29, 1.82) is 0 Å². The van der Waals surface area contributed by atoms with Crippen molar-refractivity contribution in [3.05, 3.63) is 25.3 Å². The Kier molecular flexibility index (Phi) is 6.30. The van der Waals surface area contributed by atoms with E-state index >= 15 is 0 Å². The third kappa shape index (κ3) is 4.17. The van der Waals surface area contributed by atoms with E-state index in [0.717, 1.165) is 0 Å². The average molecular weight is 613 g/mol. The molecule has 0 spiro atoms. The Bertz CT molecular complexity index is 1600. The Hall–Kier alpha value is -3.62. The van der Waals surface area contributed by atoms with Crippen LogP contribution < -0.4 is 11.5 Å². The normalized spacial score (nSPS) is 38.2. The number of fused-ring (bicyclic) bond motifs is 4. The Balaban J connectivity index is 1.00. The van der Waals surface area contributed by atoms with Gasteiger partial charge in [0.05, 0.1) is 25.9 Å². The molecule has 4 aliphatic heterocycles. The number of imidazole rings is 2. The predicted molar refractivity (Wildman–Crippen MR) is 147 cm³/mol. The highest BCUT2D eigenvalue weighted by atomic mass is 16.8. The minimum absolute atomic E-state index is 0.250. The number of hydrogen-bond acceptors (Lipinski definition) is 16. The number of rotatable bonds is 7. The van der Waals surface area contributed by atoms with Gasteiger partial charge in [-0.15, -0.1) is 0 Å². The molecule has 0 aromatic carbocycles. The number of nitrogens with zero attached hydrogens (tertiary/aromatic N) is 8. The standard InChI is InChI=1S/C26H32N10O8/c1-25(41-15-11(5-37)39-23(17(15)43-25)35-9-33-13-19(27)29-7-31-21(13)35)3-4-26(2)42-16-12(6-38)40-24(18(16)44-26)36-10-34-14-20(28)30-8-32-22(14)36/h7-12,15-18,23-24,37-38H,3-6H2,1-2H3,(H2,27,29,31)(H2,28,30,32)/t11-,12-,15-,16-,17-,18-,23-,24-,25+,26+/m1/s1. The minimum Gasteiger partial charge on any atom is -0.394 e. The van der Waals surface area contributed by atoms with E-state index in [9.17, 15) is 10.2 Å². The summed E-state index contributed by atoms with van der Waals surface area (Å²) >= 11 is 0. The first-order valence-corrected chi connectivity index (χ1v) is 14.3. The van der Waals surface area contributed by atoms with Crippen LogP contribution in [-0.2, 0) is 28.4 Å². The van der Waals surface area contributed by atoms with Crippen LogP contribution in [0, 0.1) is 0 Å². The summed E-state index contributed by atoms with van der Waals surface area (Å²) in [6, 6.07) is 0. The van der Waals surface area contributed by atoms with Gasteiger partial charge in [-0.25, -0.2) is 29.9 Å². The minimum atomic E-state index is -1.05. The van der Waals surface area contributed by atoms with Crippen LogP contribution in [0.2, 0.25) is 0 Å². The lowest BCUT2D eigenvalue weighted by Gasteiger charge is -2.32. The number of anilines is 2. The van der Waals surface area contributed by atoms with E-state index in [2.05, 4.69) is 29.9 Å². The van der Waals surface area contributed by atoms with E-state index in [4.69, 9.17) is 39.9 Å². The SMILES string of the molecule is C[C@@]1(CC[C@]2(C)O[C@@H]3[C@H](O2)[C@@H](CO)O[C@H]3n2cnc3c(N)ncnc32)O[C@@H]2[C@H](O1)[C@@H](CO)O[C@H]2n1cnc2c(N)ncnc21. The third-order valence-corrected chi connectivity index (χ3v) is 8.83. The average Bonchev–Trinajstić information content (AvgIpc) is 3.83.